The summed E-state index contributed by atoms with van der Waals surface area (Å²) in [6.07, 6.45) is 3.14. The zero-order chi connectivity index (χ0) is 17.1. The zero-order valence-corrected chi connectivity index (χ0v) is 15.8. The Labute approximate surface area is 146 Å². The van der Waals surface area contributed by atoms with E-state index < -0.39 is 5.60 Å². The number of aliphatic hydroxyl groups is 1. The molecule has 126 valence electrons. The number of halogens is 1. The molecule has 2 aromatic rings. The van der Waals surface area contributed by atoms with Gasteiger partial charge in [0.15, 0.2) is 0 Å². The van der Waals surface area contributed by atoms with Crippen molar-refractivity contribution in [1.82, 2.24) is 19.7 Å². The van der Waals surface area contributed by atoms with Crippen molar-refractivity contribution in [2.24, 2.45) is 5.41 Å². The summed E-state index contributed by atoms with van der Waals surface area (Å²) in [6, 6.07) is 8.16. The first-order valence-corrected chi connectivity index (χ1v) is 8.47. The minimum Gasteiger partial charge on any atom is -0.386 e. The SMILES string of the molecule is CN(Cc1ccccc1Br)CC(O)(Cn1cncn1)C(C)(C)C. The number of aromatic nitrogens is 3. The lowest BCUT2D eigenvalue weighted by Gasteiger charge is -2.42. The maximum absolute atomic E-state index is 11.3. The van der Waals surface area contributed by atoms with Gasteiger partial charge in [-0.2, -0.15) is 5.10 Å². The molecule has 0 bridgehead atoms. The predicted octanol–water partition coefficient (Wildman–Crippen LogP) is 2.95. The Morgan fingerprint density at radius 3 is 2.52 bits per heavy atom. The zero-order valence-electron chi connectivity index (χ0n) is 14.2. The van der Waals surface area contributed by atoms with Gasteiger partial charge < -0.3 is 5.11 Å². The van der Waals surface area contributed by atoms with Crippen LogP contribution in [0.15, 0.2) is 41.4 Å². The van der Waals surface area contributed by atoms with Gasteiger partial charge in [0.05, 0.1) is 6.54 Å². The summed E-state index contributed by atoms with van der Waals surface area (Å²) in [4.78, 5) is 6.11. The van der Waals surface area contributed by atoms with Crippen LogP contribution in [0.4, 0.5) is 0 Å². The largest absolute Gasteiger partial charge is 0.386 e. The van der Waals surface area contributed by atoms with Crippen molar-refractivity contribution in [1.29, 1.82) is 0 Å². The molecule has 0 amide bonds. The number of likely N-dealkylation sites (N-methyl/N-ethyl adjacent to an activating group) is 1. The highest BCUT2D eigenvalue weighted by atomic mass is 79.9. The van der Waals surface area contributed by atoms with Gasteiger partial charge in [-0.05, 0) is 24.1 Å². The highest BCUT2D eigenvalue weighted by Crippen LogP contribution is 2.33. The van der Waals surface area contributed by atoms with Gasteiger partial charge in [-0.15, -0.1) is 0 Å². The van der Waals surface area contributed by atoms with Crippen molar-refractivity contribution in [3.63, 3.8) is 0 Å². The molecule has 2 rings (SSSR count). The lowest BCUT2D eigenvalue weighted by Crippen LogP contribution is -2.53. The molecule has 0 aliphatic rings. The van der Waals surface area contributed by atoms with Gasteiger partial charge in [0, 0.05) is 17.6 Å². The lowest BCUT2D eigenvalue weighted by atomic mass is 9.76. The quantitative estimate of drug-likeness (QED) is 0.836. The van der Waals surface area contributed by atoms with E-state index in [9.17, 15) is 5.11 Å². The van der Waals surface area contributed by atoms with Crippen LogP contribution in [-0.4, -0.2) is 44.0 Å². The van der Waals surface area contributed by atoms with Crippen LogP contribution in [0.1, 0.15) is 26.3 Å². The molecule has 5 nitrogen and oxygen atoms in total. The predicted molar refractivity (Wildman–Crippen MR) is 94.9 cm³/mol. The topological polar surface area (TPSA) is 54.2 Å². The smallest absolute Gasteiger partial charge is 0.137 e. The molecule has 23 heavy (non-hydrogen) atoms. The van der Waals surface area contributed by atoms with E-state index in [1.807, 2.05) is 25.2 Å². The Balaban J connectivity index is 2.13. The monoisotopic (exact) mass is 380 g/mol. The molecule has 0 aliphatic heterocycles. The van der Waals surface area contributed by atoms with E-state index in [-0.39, 0.29) is 5.41 Å². The molecule has 0 radical (unpaired) electrons. The van der Waals surface area contributed by atoms with Gasteiger partial charge in [-0.3, -0.25) is 9.58 Å². The van der Waals surface area contributed by atoms with Crippen LogP contribution in [0.2, 0.25) is 0 Å². The first kappa shape index (κ1) is 18.1. The number of nitrogens with zero attached hydrogens (tertiary/aromatic N) is 4. The molecule has 1 aromatic heterocycles. The maximum Gasteiger partial charge on any atom is 0.137 e. The van der Waals surface area contributed by atoms with Crippen molar-refractivity contribution in [3.05, 3.63) is 47.0 Å². The molecule has 1 heterocycles. The lowest BCUT2D eigenvalue weighted by molar-refractivity contribution is -0.0918. The summed E-state index contributed by atoms with van der Waals surface area (Å²) in [6.45, 7) is 7.87. The average Bonchev–Trinajstić information content (AvgIpc) is 2.92. The van der Waals surface area contributed by atoms with Crippen LogP contribution >= 0.6 is 15.9 Å². The van der Waals surface area contributed by atoms with Crippen LogP contribution in [-0.2, 0) is 13.1 Å². The molecule has 1 atom stereocenters. The van der Waals surface area contributed by atoms with Crippen LogP contribution in [0, 0.1) is 5.41 Å². The molecule has 6 heteroatoms. The van der Waals surface area contributed by atoms with Gasteiger partial charge in [-0.1, -0.05) is 54.9 Å². The van der Waals surface area contributed by atoms with Gasteiger partial charge in [0.25, 0.3) is 0 Å². The Bertz CT molecular complexity index is 624. The van der Waals surface area contributed by atoms with Crippen LogP contribution in [0.5, 0.6) is 0 Å². The van der Waals surface area contributed by atoms with Gasteiger partial charge in [-0.25, -0.2) is 4.98 Å². The van der Waals surface area contributed by atoms with Crippen LogP contribution in [0.25, 0.3) is 0 Å². The number of rotatable bonds is 6. The molecule has 0 saturated carbocycles. The Kier molecular flexibility index (Phi) is 5.60. The van der Waals surface area contributed by atoms with Crippen LogP contribution in [0.3, 0.4) is 0 Å². The summed E-state index contributed by atoms with van der Waals surface area (Å²) in [5, 5.41) is 15.4. The van der Waals surface area contributed by atoms with Crippen molar-refractivity contribution in [2.45, 2.75) is 39.5 Å². The second kappa shape index (κ2) is 7.11. The molecular formula is C17H25BrN4O. The molecule has 1 aromatic carbocycles. The van der Waals surface area contributed by atoms with Gasteiger partial charge in [0.1, 0.15) is 18.3 Å². The number of benzene rings is 1. The van der Waals surface area contributed by atoms with Crippen molar-refractivity contribution in [3.8, 4) is 0 Å². The standard InChI is InChI=1S/C17H25BrN4O/c1-16(2,3)17(23,11-22-13-19-12-20-22)10-21(4)9-14-7-5-6-8-15(14)18/h5-8,12-13,23H,9-11H2,1-4H3. The Morgan fingerprint density at radius 1 is 1.26 bits per heavy atom. The third-order valence-corrected chi connectivity index (χ3v) is 4.99. The van der Waals surface area contributed by atoms with E-state index in [1.54, 1.807) is 11.0 Å². The number of hydrogen-bond donors (Lipinski definition) is 1. The van der Waals surface area contributed by atoms with Crippen molar-refractivity contribution in [2.75, 3.05) is 13.6 Å². The molecular weight excluding hydrogens is 356 g/mol. The minimum absolute atomic E-state index is 0.291. The fourth-order valence-electron chi connectivity index (χ4n) is 2.53. The van der Waals surface area contributed by atoms with E-state index in [4.69, 9.17) is 0 Å². The van der Waals surface area contributed by atoms with E-state index in [0.29, 0.717) is 13.1 Å². The van der Waals surface area contributed by atoms with E-state index >= 15 is 0 Å². The van der Waals surface area contributed by atoms with Crippen LogP contribution < -0.4 is 0 Å². The Morgan fingerprint density at radius 2 is 1.96 bits per heavy atom. The first-order valence-electron chi connectivity index (χ1n) is 7.68. The molecule has 0 spiro atoms. The van der Waals surface area contributed by atoms with E-state index in [1.165, 1.54) is 11.9 Å². The van der Waals surface area contributed by atoms with Gasteiger partial charge >= 0.3 is 0 Å². The average molecular weight is 381 g/mol. The summed E-state index contributed by atoms with van der Waals surface area (Å²) in [5.74, 6) is 0. The molecule has 0 aliphatic carbocycles. The number of hydrogen-bond acceptors (Lipinski definition) is 4. The second-order valence-electron chi connectivity index (χ2n) is 7.14. The summed E-state index contributed by atoms with van der Waals surface area (Å²) < 4.78 is 2.78. The molecule has 1 unspecified atom stereocenters. The third kappa shape index (κ3) is 4.62. The highest BCUT2D eigenvalue weighted by Gasteiger charge is 2.41. The van der Waals surface area contributed by atoms with Gasteiger partial charge in [0.2, 0.25) is 0 Å². The maximum atomic E-state index is 11.3. The van der Waals surface area contributed by atoms with E-state index in [0.717, 1.165) is 11.0 Å². The van der Waals surface area contributed by atoms with Crippen molar-refractivity contribution < 1.29 is 5.11 Å². The third-order valence-electron chi connectivity index (χ3n) is 4.22. The summed E-state index contributed by atoms with van der Waals surface area (Å²) >= 11 is 3.58. The summed E-state index contributed by atoms with van der Waals surface area (Å²) in [5.41, 5.74) is -0.00954. The van der Waals surface area contributed by atoms with E-state index in [2.05, 4.69) is 57.8 Å². The van der Waals surface area contributed by atoms with Crippen molar-refractivity contribution >= 4 is 15.9 Å². The molecule has 0 fully saturated rings. The fraction of sp³-hybridized carbons (Fsp3) is 0.529. The second-order valence-corrected chi connectivity index (χ2v) is 7.99. The molecule has 0 saturated heterocycles. The Hall–Kier alpha value is -1.24. The highest BCUT2D eigenvalue weighted by molar-refractivity contribution is 9.10. The normalized spacial score (nSPS) is 14.9. The minimum atomic E-state index is -0.920. The molecule has 1 N–H and O–H groups in total. The first-order chi connectivity index (χ1) is 10.7. The fourth-order valence-corrected chi connectivity index (χ4v) is 2.94. The summed E-state index contributed by atoms with van der Waals surface area (Å²) in [7, 11) is 2.03.